The van der Waals surface area contributed by atoms with E-state index in [1.807, 2.05) is 9.47 Å². The Kier molecular flexibility index (Phi) is 8.56. The van der Waals surface area contributed by atoms with Gasteiger partial charge in [0, 0.05) is 55.9 Å². The van der Waals surface area contributed by atoms with Crippen molar-refractivity contribution >= 4 is 29.1 Å². The molecule has 1 aliphatic rings. The van der Waals surface area contributed by atoms with Crippen LogP contribution in [-0.4, -0.2) is 55.2 Å². The lowest BCUT2D eigenvalue weighted by Crippen LogP contribution is -2.36. The first kappa shape index (κ1) is 30.6. The van der Waals surface area contributed by atoms with Crippen molar-refractivity contribution in [3.05, 3.63) is 113 Å². The lowest BCUT2D eigenvalue weighted by Gasteiger charge is -2.25. The number of carbonyl (C=O) groups is 2. The number of ether oxygens (including phenoxy) is 1. The maximum absolute atomic E-state index is 15.6. The summed E-state index contributed by atoms with van der Waals surface area (Å²) in [7, 11) is 0. The molecule has 1 aliphatic heterocycles. The van der Waals surface area contributed by atoms with Gasteiger partial charge in [0.2, 0.25) is 11.8 Å². The third-order valence-electron chi connectivity index (χ3n) is 8.29. The number of halogens is 2. The Labute approximate surface area is 263 Å². The van der Waals surface area contributed by atoms with Gasteiger partial charge >= 0.3 is 5.97 Å². The van der Waals surface area contributed by atoms with E-state index in [0.29, 0.717) is 57.9 Å². The van der Waals surface area contributed by atoms with E-state index in [1.165, 1.54) is 18.2 Å². The topological polar surface area (TPSA) is 121 Å². The number of nitrogens with one attached hydrogen (secondary N) is 1. The first-order valence-corrected chi connectivity index (χ1v) is 14.9. The summed E-state index contributed by atoms with van der Waals surface area (Å²) in [6.07, 6.45) is 2.89. The van der Waals surface area contributed by atoms with Crippen molar-refractivity contribution in [2.45, 2.75) is 45.4 Å². The van der Waals surface area contributed by atoms with Gasteiger partial charge in [0.05, 0.1) is 22.3 Å². The number of pyridine rings is 1. The molecule has 46 heavy (non-hydrogen) atoms. The van der Waals surface area contributed by atoms with Crippen LogP contribution in [0.2, 0.25) is 0 Å². The van der Waals surface area contributed by atoms with Crippen LogP contribution in [0.25, 0.3) is 22.3 Å². The minimum Gasteiger partial charge on any atom is -0.478 e. The molecular weight excluding hydrogens is 592 g/mol. The Balaban J connectivity index is 1.25. The van der Waals surface area contributed by atoms with Crippen molar-refractivity contribution in [2.24, 2.45) is 0 Å². The third kappa shape index (κ3) is 6.35. The van der Waals surface area contributed by atoms with Gasteiger partial charge in [0.25, 0.3) is 0 Å². The molecule has 1 fully saturated rings. The Hall–Kier alpha value is -5.45. The summed E-state index contributed by atoms with van der Waals surface area (Å²) < 4.78 is 37.6. The molecule has 0 saturated carbocycles. The zero-order valence-corrected chi connectivity index (χ0v) is 25.0. The fourth-order valence-electron chi connectivity index (χ4n) is 5.89. The molecule has 11 heteroatoms. The summed E-state index contributed by atoms with van der Waals surface area (Å²) >= 11 is 0. The second-order valence-corrected chi connectivity index (χ2v) is 11.3. The maximum Gasteiger partial charge on any atom is 0.335 e. The molecule has 0 spiro atoms. The number of carboxylic acid groups (broad SMARTS) is 1. The minimum absolute atomic E-state index is 0.0192. The molecule has 234 valence electrons. The molecule has 5 aromatic rings. The fraction of sp³-hybridized carbons (Fsp3) is 0.229. The molecule has 0 radical (unpaired) electrons. The lowest BCUT2D eigenvalue weighted by molar-refractivity contribution is -0.129. The van der Waals surface area contributed by atoms with Crippen LogP contribution in [0.4, 0.5) is 8.78 Å². The number of aromatic nitrogens is 3. The molecular formula is C35H31F2N5O4. The average Bonchev–Trinajstić information content (AvgIpc) is 3.66. The van der Waals surface area contributed by atoms with E-state index < -0.39 is 17.6 Å². The van der Waals surface area contributed by atoms with E-state index in [2.05, 4.69) is 4.98 Å². The van der Waals surface area contributed by atoms with Crippen molar-refractivity contribution in [3.63, 3.8) is 0 Å². The van der Waals surface area contributed by atoms with Crippen molar-refractivity contribution in [2.75, 3.05) is 6.54 Å². The first-order valence-electron chi connectivity index (χ1n) is 14.9. The standard InChI is InChI=1S/C35H31F2N5O4/c1-21(43)41-13-3-4-27(41)19-42-32-16-25(35(44)45)11-12-31(32)39-33(42)17-23-9-10-24(15-29(23)37)30-5-2-6-34(40-30)46-20-26-8-7-22(18-38)14-28(26)36/h2,5-12,14-16,18,27,38H,3-4,13,17,19-20H2,1H3,(H,44,45)/t27-/m0/s1. The van der Waals surface area contributed by atoms with Gasteiger partial charge in [0.1, 0.15) is 24.1 Å². The van der Waals surface area contributed by atoms with E-state index in [0.717, 1.165) is 19.1 Å². The molecule has 6 rings (SSSR count). The molecule has 9 nitrogen and oxygen atoms in total. The molecule has 0 aliphatic carbocycles. The smallest absolute Gasteiger partial charge is 0.335 e. The van der Waals surface area contributed by atoms with Crippen LogP contribution in [0.1, 0.15) is 52.6 Å². The van der Waals surface area contributed by atoms with E-state index in [9.17, 15) is 19.1 Å². The molecule has 0 unspecified atom stereocenters. The van der Waals surface area contributed by atoms with Crippen LogP contribution in [0.3, 0.4) is 0 Å². The van der Waals surface area contributed by atoms with Crippen molar-refractivity contribution in [1.82, 2.24) is 19.4 Å². The monoisotopic (exact) mass is 623 g/mol. The number of imidazole rings is 1. The first-order chi connectivity index (χ1) is 22.2. The van der Waals surface area contributed by atoms with Crippen LogP contribution in [-0.2, 0) is 24.4 Å². The second kappa shape index (κ2) is 12.9. The third-order valence-corrected chi connectivity index (χ3v) is 8.29. The SMILES string of the molecule is CC(=O)N1CCC[C@H]1Cn1c(Cc2ccc(-c3cccc(OCc4ccc(C=N)cc4F)n3)cc2F)nc2ccc(C(=O)O)cc21. The largest absolute Gasteiger partial charge is 0.478 e. The van der Waals surface area contributed by atoms with Crippen molar-refractivity contribution < 1.29 is 28.2 Å². The van der Waals surface area contributed by atoms with E-state index in [4.69, 9.17) is 15.1 Å². The molecule has 0 bridgehead atoms. The minimum atomic E-state index is -1.06. The number of amides is 1. The van der Waals surface area contributed by atoms with E-state index in [-0.39, 0.29) is 36.4 Å². The Morgan fingerprint density at radius 1 is 1.02 bits per heavy atom. The number of likely N-dealkylation sites (tertiary alicyclic amines) is 1. The molecule has 1 saturated heterocycles. The fourth-order valence-corrected chi connectivity index (χ4v) is 5.89. The predicted octanol–water partition coefficient (Wildman–Crippen LogP) is 6.25. The van der Waals surface area contributed by atoms with Gasteiger partial charge in [-0.05, 0) is 60.4 Å². The van der Waals surface area contributed by atoms with Crippen LogP contribution in [0.5, 0.6) is 5.88 Å². The van der Waals surface area contributed by atoms with Crippen LogP contribution in [0, 0.1) is 17.0 Å². The Bertz CT molecular complexity index is 1970. The highest BCUT2D eigenvalue weighted by Crippen LogP contribution is 2.28. The lowest BCUT2D eigenvalue weighted by atomic mass is 10.1. The number of benzene rings is 3. The highest BCUT2D eigenvalue weighted by Gasteiger charge is 2.28. The zero-order chi connectivity index (χ0) is 32.4. The number of nitrogens with zero attached hydrogens (tertiary/aromatic N) is 4. The number of aromatic carboxylic acids is 1. The number of rotatable bonds is 10. The van der Waals surface area contributed by atoms with Gasteiger partial charge in [-0.3, -0.25) is 4.79 Å². The van der Waals surface area contributed by atoms with Gasteiger partial charge in [-0.1, -0.05) is 30.3 Å². The summed E-state index contributed by atoms with van der Waals surface area (Å²) in [5.41, 5.74) is 3.49. The number of carbonyl (C=O) groups excluding carboxylic acids is 1. The van der Waals surface area contributed by atoms with Gasteiger partial charge in [-0.15, -0.1) is 0 Å². The van der Waals surface area contributed by atoms with Gasteiger partial charge in [-0.2, -0.15) is 0 Å². The normalized spacial score (nSPS) is 14.5. The second-order valence-electron chi connectivity index (χ2n) is 11.3. The highest BCUT2D eigenvalue weighted by atomic mass is 19.1. The molecule has 1 amide bonds. The number of hydrogen-bond acceptors (Lipinski definition) is 6. The molecule has 3 aromatic carbocycles. The summed E-state index contributed by atoms with van der Waals surface area (Å²) in [6, 6.07) is 19.0. The van der Waals surface area contributed by atoms with Crippen molar-refractivity contribution in [3.8, 4) is 17.1 Å². The van der Waals surface area contributed by atoms with E-state index in [1.54, 1.807) is 61.5 Å². The van der Waals surface area contributed by atoms with Gasteiger partial charge < -0.3 is 24.7 Å². The Morgan fingerprint density at radius 2 is 1.83 bits per heavy atom. The maximum atomic E-state index is 15.6. The summed E-state index contributed by atoms with van der Waals surface area (Å²) in [5, 5.41) is 16.8. The molecule has 1 atom stereocenters. The van der Waals surface area contributed by atoms with Crippen LogP contribution < -0.4 is 4.74 Å². The predicted molar refractivity (Wildman–Crippen MR) is 168 cm³/mol. The summed E-state index contributed by atoms with van der Waals surface area (Å²) in [4.78, 5) is 35.0. The van der Waals surface area contributed by atoms with Crippen molar-refractivity contribution in [1.29, 1.82) is 5.41 Å². The number of hydrogen-bond donors (Lipinski definition) is 2. The van der Waals surface area contributed by atoms with E-state index >= 15 is 4.39 Å². The number of carboxylic acids is 1. The summed E-state index contributed by atoms with van der Waals surface area (Å²) in [6.45, 7) is 2.56. The number of fused-ring (bicyclic) bond motifs is 1. The van der Waals surface area contributed by atoms with Gasteiger partial charge in [-0.25, -0.2) is 23.5 Å². The van der Waals surface area contributed by atoms with Gasteiger partial charge in [0.15, 0.2) is 0 Å². The zero-order valence-electron chi connectivity index (χ0n) is 25.0. The Morgan fingerprint density at radius 3 is 2.57 bits per heavy atom. The molecule has 2 N–H and O–H groups in total. The van der Waals surface area contributed by atoms with Crippen LogP contribution in [0.15, 0.2) is 72.8 Å². The average molecular weight is 624 g/mol. The quantitative estimate of drug-likeness (QED) is 0.177. The molecule has 3 heterocycles. The highest BCUT2D eigenvalue weighted by molar-refractivity contribution is 5.92. The molecule has 2 aromatic heterocycles. The van der Waals surface area contributed by atoms with Crippen LogP contribution >= 0.6 is 0 Å². The summed E-state index contributed by atoms with van der Waals surface area (Å²) in [5.74, 6) is -1.21.